The number of aliphatic imine (C=N–C) groups is 1. The first-order valence-corrected chi connectivity index (χ1v) is 7.80. The molecular weight excluding hydrogens is 316 g/mol. The van der Waals surface area contributed by atoms with Crippen LogP contribution in [0.25, 0.3) is 0 Å². The van der Waals surface area contributed by atoms with Crippen molar-refractivity contribution in [2.45, 2.75) is 45.2 Å². The van der Waals surface area contributed by atoms with E-state index in [-0.39, 0.29) is 31.4 Å². The maximum absolute atomic E-state index is 12.4. The van der Waals surface area contributed by atoms with Gasteiger partial charge in [-0.2, -0.15) is 0 Å². The lowest BCUT2D eigenvalue weighted by molar-refractivity contribution is -0.142. The molecule has 0 aliphatic heterocycles. The number of guanidine groups is 1. The number of carboxylic acid groups (broad SMARTS) is 1. The van der Waals surface area contributed by atoms with Gasteiger partial charge in [0.15, 0.2) is 5.96 Å². The number of rotatable bonds is 11. The van der Waals surface area contributed by atoms with Gasteiger partial charge in [-0.3, -0.25) is 14.6 Å². The first-order chi connectivity index (χ1) is 11.2. The summed E-state index contributed by atoms with van der Waals surface area (Å²) in [7, 11) is 0. The third-order valence-corrected chi connectivity index (χ3v) is 3.56. The molecule has 0 aromatic heterocycles. The van der Waals surface area contributed by atoms with Gasteiger partial charge in [0, 0.05) is 6.54 Å². The van der Waals surface area contributed by atoms with Crippen LogP contribution in [-0.2, 0) is 14.4 Å². The largest absolute Gasteiger partial charge is 0.480 e. The molecule has 0 spiro atoms. The van der Waals surface area contributed by atoms with E-state index in [4.69, 9.17) is 17.2 Å². The minimum absolute atomic E-state index is 0.0766. The quantitative estimate of drug-likeness (QED) is 0.143. The minimum atomic E-state index is -1.17. The van der Waals surface area contributed by atoms with E-state index in [0.29, 0.717) is 12.8 Å². The molecule has 0 saturated carbocycles. The zero-order chi connectivity index (χ0) is 18.7. The van der Waals surface area contributed by atoms with Crippen LogP contribution in [0.15, 0.2) is 4.99 Å². The normalized spacial score (nSPS) is 14.1. The smallest absolute Gasteiger partial charge is 0.326 e. The van der Waals surface area contributed by atoms with Crippen LogP contribution in [0.5, 0.6) is 0 Å². The Kier molecular flexibility index (Phi) is 10.1. The average Bonchev–Trinajstić information content (AvgIpc) is 2.53. The highest BCUT2D eigenvalue weighted by molar-refractivity contribution is 5.91. The highest BCUT2D eigenvalue weighted by Crippen LogP contribution is 2.09. The first kappa shape index (κ1) is 21.6. The third kappa shape index (κ3) is 8.32. The van der Waals surface area contributed by atoms with Crippen LogP contribution < -0.4 is 27.8 Å². The molecule has 0 aliphatic carbocycles. The zero-order valence-corrected chi connectivity index (χ0v) is 14.1. The molecule has 3 atom stereocenters. The van der Waals surface area contributed by atoms with E-state index in [2.05, 4.69) is 15.6 Å². The average molecular weight is 344 g/mol. The number of carbonyl (C=O) groups is 3. The molecule has 0 rings (SSSR count). The fourth-order valence-electron chi connectivity index (χ4n) is 1.96. The van der Waals surface area contributed by atoms with E-state index >= 15 is 0 Å². The lowest BCUT2D eigenvalue weighted by Gasteiger charge is -2.25. The molecule has 0 aromatic rings. The molecule has 2 amide bonds. The van der Waals surface area contributed by atoms with Crippen LogP contribution in [0.4, 0.5) is 0 Å². The van der Waals surface area contributed by atoms with Crippen molar-refractivity contribution in [3.05, 3.63) is 0 Å². The Labute approximate surface area is 141 Å². The van der Waals surface area contributed by atoms with Gasteiger partial charge < -0.3 is 32.9 Å². The topological polar surface area (TPSA) is 186 Å². The number of aliphatic carboxylic acids is 1. The second-order valence-corrected chi connectivity index (χ2v) is 5.48. The number of amides is 2. The lowest BCUT2D eigenvalue weighted by atomic mass is 9.97. The van der Waals surface area contributed by atoms with Gasteiger partial charge in [0.1, 0.15) is 12.1 Å². The standard InChI is InChI=1S/C14H28N6O4/c1-3-8(2)11(20-10(21)7-15)12(22)19-9(13(23)24)5-4-6-18-14(16)17/h8-9,11H,3-7,15H2,1-2H3,(H,19,22)(H,20,21)(H,23,24)(H4,16,17,18)/t8-,9-,11-/m0/s1. The Balaban J connectivity index is 4.82. The maximum Gasteiger partial charge on any atom is 0.326 e. The summed E-state index contributed by atoms with van der Waals surface area (Å²) >= 11 is 0. The van der Waals surface area contributed by atoms with Crippen molar-refractivity contribution in [1.29, 1.82) is 0 Å². The highest BCUT2D eigenvalue weighted by Gasteiger charge is 2.29. The van der Waals surface area contributed by atoms with Crippen molar-refractivity contribution in [3.63, 3.8) is 0 Å². The van der Waals surface area contributed by atoms with E-state index in [9.17, 15) is 19.5 Å². The zero-order valence-electron chi connectivity index (χ0n) is 14.1. The number of carboxylic acids is 1. The summed E-state index contributed by atoms with van der Waals surface area (Å²) in [6.07, 6.45) is 1.18. The molecule has 0 unspecified atom stereocenters. The molecular formula is C14H28N6O4. The molecule has 0 aliphatic rings. The van der Waals surface area contributed by atoms with Crippen LogP contribution in [0.3, 0.4) is 0 Å². The Morgan fingerprint density at radius 3 is 2.29 bits per heavy atom. The molecule has 0 radical (unpaired) electrons. The summed E-state index contributed by atoms with van der Waals surface area (Å²) in [5.41, 5.74) is 15.6. The van der Waals surface area contributed by atoms with Crippen molar-refractivity contribution in [3.8, 4) is 0 Å². The molecule has 10 nitrogen and oxygen atoms in total. The predicted octanol–water partition coefficient (Wildman–Crippen LogP) is -1.90. The third-order valence-electron chi connectivity index (χ3n) is 3.56. The summed E-state index contributed by atoms with van der Waals surface area (Å²) in [5.74, 6) is -2.44. The monoisotopic (exact) mass is 344 g/mol. The van der Waals surface area contributed by atoms with Crippen LogP contribution in [0.2, 0.25) is 0 Å². The molecule has 10 heteroatoms. The molecule has 138 valence electrons. The van der Waals surface area contributed by atoms with Crippen LogP contribution in [-0.4, -0.2) is 54.0 Å². The fourth-order valence-corrected chi connectivity index (χ4v) is 1.96. The van der Waals surface area contributed by atoms with E-state index in [1.165, 1.54) is 0 Å². The second kappa shape index (κ2) is 11.2. The van der Waals surface area contributed by atoms with Crippen LogP contribution in [0, 0.1) is 5.92 Å². The summed E-state index contributed by atoms with van der Waals surface area (Å²) in [6.45, 7) is 3.67. The molecule has 0 heterocycles. The first-order valence-electron chi connectivity index (χ1n) is 7.80. The number of nitrogens with zero attached hydrogens (tertiary/aromatic N) is 1. The number of carbonyl (C=O) groups excluding carboxylic acids is 2. The highest BCUT2D eigenvalue weighted by atomic mass is 16.4. The Morgan fingerprint density at radius 2 is 1.83 bits per heavy atom. The number of nitrogens with two attached hydrogens (primary N) is 3. The number of hydrogen-bond acceptors (Lipinski definition) is 5. The van der Waals surface area contributed by atoms with Gasteiger partial charge in [0.2, 0.25) is 11.8 Å². The second-order valence-electron chi connectivity index (χ2n) is 5.48. The van der Waals surface area contributed by atoms with Crippen LogP contribution in [0.1, 0.15) is 33.1 Å². The SMILES string of the molecule is CC[C@H](C)[C@H](NC(=O)CN)C(=O)N[C@@H](CCCN=C(N)N)C(=O)O. The van der Waals surface area contributed by atoms with Gasteiger partial charge in [-0.15, -0.1) is 0 Å². The maximum atomic E-state index is 12.4. The van der Waals surface area contributed by atoms with Gasteiger partial charge >= 0.3 is 5.97 Å². The molecule has 9 N–H and O–H groups in total. The molecule has 24 heavy (non-hydrogen) atoms. The Bertz CT molecular complexity index is 464. The van der Waals surface area contributed by atoms with Crippen molar-refractivity contribution in [2.24, 2.45) is 28.1 Å². The van der Waals surface area contributed by atoms with Crippen molar-refractivity contribution in [1.82, 2.24) is 10.6 Å². The summed E-state index contributed by atoms with van der Waals surface area (Å²) in [6, 6.07) is -1.93. The van der Waals surface area contributed by atoms with E-state index < -0.39 is 29.9 Å². The van der Waals surface area contributed by atoms with Gasteiger partial charge in [-0.05, 0) is 18.8 Å². The van der Waals surface area contributed by atoms with E-state index in [0.717, 1.165) is 0 Å². The lowest BCUT2D eigenvalue weighted by Crippen LogP contribution is -2.55. The number of hydrogen-bond donors (Lipinski definition) is 6. The van der Waals surface area contributed by atoms with Crippen LogP contribution >= 0.6 is 0 Å². The number of nitrogens with one attached hydrogen (secondary N) is 2. The van der Waals surface area contributed by atoms with E-state index in [1.54, 1.807) is 6.92 Å². The van der Waals surface area contributed by atoms with Crippen molar-refractivity contribution >= 4 is 23.7 Å². The van der Waals surface area contributed by atoms with Gasteiger partial charge in [-0.1, -0.05) is 20.3 Å². The predicted molar refractivity (Wildman–Crippen MR) is 89.9 cm³/mol. The van der Waals surface area contributed by atoms with Gasteiger partial charge in [-0.25, -0.2) is 4.79 Å². The Morgan fingerprint density at radius 1 is 1.21 bits per heavy atom. The summed E-state index contributed by atoms with van der Waals surface area (Å²) < 4.78 is 0. The summed E-state index contributed by atoms with van der Waals surface area (Å²) in [5, 5.41) is 14.2. The molecule has 0 fully saturated rings. The van der Waals surface area contributed by atoms with Gasteiger partial charge in [0.05, 0.1) is 6.54 Å². The molecule has 0 aromatic carbocycles. The minimum Gasteiger partial charge on any atom is -0.480 e. The van der Waals surface area contributed by atoms with E-state index in [1.807, 2.05) is 6.92 Å². The fraction of sp³-hybridized carbons (Fsp3) is 0.714. The van der Waals surface area contributed by atoms with Crippen molar-refractivity contribution in [2.75, 3.05) is 13.1 Å². The summed E-state index contributed by atoms with van der Waals surface area (Å²) in [4.78, 5) is 38.9. The molecule has 0 bridgehead atoms. The van der Waals surface area contributed by atoms with Gasteiger partial charge in [0.25, 0.3) is 0 Å². The Hall–Kier alpha value is -2.36. The van der Waals surface area contributed by atoms with Crippen molar-refractivity contribution < 1.29 is 19.5 Å². The molecule has 0 saturated heterocycles.